The van der Waals surface area contributed by atoms with Crippen molar-refractivity contribution in [2.45, 2.75) is 57.0 Å². The number of nitrogens with zero attached hydrogens (tertiary/aromatic N) is 1. The van der Waals surface area contributed by atoms with E-state index in [4.69, 9.17) is 11.6 Å². The topological polar surface area (TPSA) is 32.3 Å². The van der Waals surface area contributed by atoms with Crippen molar-refractivity contribution in [3.8, 4) is 0 Å². The van der Waals surface area contributed by atoms with Crippen molar-refractivity contribution in [1.82, 2.24) is 10.2 Å². The Morgan fingerprint density at radius 2 is 1.86 bits per heavy atom. The van der Waals surface area contributed by atoms with Gasteiger partial charge in [0.2, 0.25) is 0 Å². The lowest BCUT2D eigenvalue weighted by molar-refractivity contribution is 0.0793. The van der Waals surface area contributed by atoms with Gasteiger partial charge in [-0.3, -0.25) is 4.79 Å². The van der Waals surface area contributed by atoms with Gasteiger partial charge >= 0.3 is 0 Å². The number of hydrogen-bond acceptors (Lipinski definition) is 2. The van der Waals surface area contributed by atoms with Crippen molar-refractivity contribution in [1.29, 1.82) is 0 Å². The van der Waals surface area contributed by atoms with Crippen LogP contribution in [-0.2, 0) is 0 Å². The highest BCUT2D eigenvalue weighted by Gasteiger charge is 2.27. The Morgan fingerprint density at radius 3 is 2.57 bits per heavy atom. The summed E-state index contributed by atoms with van der Waals surface area (Å²) in [6, 6.07) is 17.3. The molecule has 28 heavy (non-hydrogen) atoms. The fourth-order valence-electron chi connectivity index (χ4n) is 4.66. The number of likely N-dealkylation sites (tertiary alicyclic amines) is 1. The van der Waals surface area contributed by atoms with Crippen LogP contribution in [0.5, 0.6) is 0 Å². The summed E-state index contributed by atoms with van der Waals surface area (Å²) in [4.78, 5) is 14.5. The highest BCUT2D eigenvalue weighted by Crippen LogP contribution is 2.35. The molecule has 1 aliphatic heterocycles. The lowest BCUT2D eigenvalue weighted by Crippen LogP contribution is -2.29. The monoisotopic (exact) mass is 396 g/mol. The standard InChI is InChI=1S/C24H29ClN2O/c1-17(20-5-4-6-22(25)15-20)26-23-12-11-21(16-23)18-7-9-19(10-8-18)24(28)27-13-2-3-14-27/h4-10,15,17,21,23,26H,2-3,11-14,16H2,1H3/t17-,21-,23+/m1/s1. The first-order chi connectivity index (χ1) is 13.6. The number of benzene rings is 2. The molecule has 0 spiro atoms. The van der Waals surface area contributed by atoms with Crippen LogP contribution in [-0.4, -0.2) is 29.9 Å². The molecule has 0 unspecified atom stereocenters. The summed E-state index contributed by atoms with van der Waals surface area (Å²) in [7, 11) is 0. The second-order valence-electron chi connectivity index (χ2n) is 8.27. The molecule has 0 radical (unpaired) electrons. The zero-order chi connectivity index (χ0) is 19.5. The average molecular weight is 397 g/mol. The Kier molecular flexibility index (Phi) is 6.03. The number of nitrogens with one attached hydrogen (secondary N) is 1. The first-order valence-corrected chi connectivity index (χ1v) is 10.9. The molecule has 1 N–H and O–H groups in total. The minimum atomic E-state index is 0.186. The summed E-state index contributed by atoms with van der Waals surface area (Å²) in [6.07, 6.45) is 5.79. The number of amides is 1. The van der Waals surface area contributed by atoms with E-state index in [2.05, 4.69) is 30.4 Å². The maximum atomic E-state index is 12.5. The SMILES string of the molecule is C[C@@H](N[C@H]1CC[C@@H](c2ccc(C(=O)N3CCCC3)cc2)C1)c1cccc(Cl)c1. The summed E-state index contributed by atoms with van der Waals surface area (Å²) >= 11 is 6.13. The smallest absolute Gasteiger partial charge is 0.253 e. The number of carbonyl (C=O) groups excluding carboxylic acids is 1. The van der Waals surface area contributed by atoms with Crippen molar-refractivity contribution >= 4 is 17.5 Å². The van der Waals surface area contributed by atoms with Gasteiger partial charge in [0.1, 0.15) is 0 Å². The molecule has 1 saturated heterocycles. The van der Waals surface area contributed by atoms with E-state index in [0.717, 1.165) is 42.9 Å². The molecule has 2 aliphatic rings. The van der Waals surface area contributed by atoms with E-state index in [-0.39, 0.29) is 5.91 Å². The van der Waals surface area contributed by atoms with Gasteiger partial charge in [0.15, 0.2) is 0 Å². The summed E-state index contributed by atoms with van der Waals surface area (Å²) in [5.41, 5.74) is 3.42. The Labute approximate surface area is 173 Å². The maximum Gasteiger partial charge on any atom is 0.253 e. The molecule has 4 heteroatoms. The van der Waals surface area contributed by atoms with Crippen LogP contribution in [0, 0.1) is 0 Å². The molecule has 0 aromatic heterocycles. The lowest BCUT2D eigenvalue weighted by Gasteiger charge is -2.20. The molecule has 2 fully saturated rings. The van der Waals surface area contributed by atoms with Crippen LogP contribution in [0.3, 0.4) is 0 Å². The van der Waals surface area contributed by atoms with Gasteiger partial charge in [0.25, 0.3) is 5.91 Å². The molecule has 3 nitrogen and oxygen atoms in total. The van der Waals surface area contributed by atoms with Crippen molar-refractivity contribution in [2.75, 3.05) is 13.1 Å². The van der Waals surface area contributed by atoms with E-state index in [9.17, 15) is 4.79 Å². The second-order valence-corrected chi connectivity index (χ2v) is 8.71. The molecule has 1 amide bonds. The number of rotatable bonds is 5. The first kappa shape index (κ1) is 19.5. The van der Waals surface area contributed by atoms with Gasteiger partial charge in [0.05, 0.1) is 0 Å². The normalized spacial score (nSPS) is 23.1. The Hall–Kier alpha value is -1.84. The molecule has 2 aromatic carbocycles. The number of hydrogen-bond donors (Lipinski definition) is 1. The minimum Gasteiger partial charge on any atom is -0.339 e. The number of halogens is 1. The lowest BCUT2D eigenvalue weighted by atomic mass is 9.96. The fraction of sp³-hybridized carbons (Fsp3) is 0.458. The molecule has 148 valence electrons. The maximum absolute atomic E-state index is 12.5. The van der Waals surface area contributed by atoms with Crippen LogP contribution < -0.4 is 5.32 Å². The van der Waals surface area contributed by atoms with Crippen molar-refractivity contribution in [2.24, 2.45) is 0 Å². The van der Waals surface area contributed by atoms with Gasteiger partial charge in [-0.2, -0.15) is 0 Å². The fourth-order valence-corrected chi connectivity index (χ4v) is 4.86. The molecule has 0 bridgehead atoms. The van der Waals surface area contributed by atoms with Gasteiger partial charge in [0, 0.05) is 35.8 Å². The molecular formula is C24H29ClN2O. The third-order valence-electron chi connectivity index (χ3n) is 6.29. The highest BCUT2D eigenvalue weighted by atomic mass is 35.5. The van der Waals surface area contributed by atoms with E-state index in [0.29, 0.717) is 18.0 Å². The van der Waals surface area contributed by atoms with Crippen LogP contribution in [0.15, 0.2) is 48.5 Å². The van der Waals surface area contributed by atoms with E-state index >= 15 is 0 Å². The minimum absolute atomic E-state index is 0.186. The van der Waals surface area contributed by atoms with E-state index in [1.54, 1.807) is 0 Å². The molecule has 1 saturated carbocycles. The average Bonchev–Trinajstić information content (AvgIpc) is 3.40. The first-order valence-electron chi connectivity index (χ1n) is 10.5. The molecule has 1 heterocycles. The third-order valence-corrected chi connectivity index (χ3v) is 6.52. The predicted octanol–water partition coefficient (Wildman–Crippen LogP) is 5.56. The molecule has 2 aromatic rings. The van der Waals surface area contributed by atoms with Gasteiger partial charge < -0.3 is 10.2 Å². The van der Waals surface area contributed by atoms with Crippen LogP contribution in [0.25, 0.3) is 0 Å². The molecule has 4 rings (SSSR count). The third kappa shape index (κ3) is 4.42. The largest absolute Gasteiger partial charge is 0.339 e. The highest BCUT2D eigenvalue weighted by molar-refractivity contribution is 6.30. The summed E-state index contributed by atoms with van der Waals surface area (Å²) in [6.45, 7) is 4.01. The Morgan fingerprint density at radius 1 is 1.11 bits per heavy atom. The predicted molar refractivity (Wildman–Crippen MR) is 115 cm³/mol. The van der Waals surface area contributed by atoms with Crippen molar-refractivity contribution < 1.29 is 4.79 Å². The van der Waals surface area contributed by atoms with E-state index < -0.39 is 0 Å². The second kappa shape index (κ2) is 8.67. The van der Waals surface area contributed by atoms with Crippen molar-refractivity contribution in [3.05, 3.63) is 70.2 Å². The van der Waals surface area contributed by atoms with Crippen LogP contribution in [0.2, 0.25) is 5.02 Å². The zero-order valence-corrected chi connectivity index (χ0v) is 17.3. The molecule has 1 aliphatic carbocycles. The van der Waals surface area contributed by atoms with E-state index in [1.165, 1.54) is 24.0 Å². The molecule has 3 atom stereocenters. The van der Waals surface area contributed by atoms with Gasteiger partial charge in [-0.05, 0) is 80.3 Å². The van der Waals surface area contributed by atoms with Crippen molar-refractivity contribution in [3.63, 3.8) is 0 Å². The van der Waals surface area contributed by atoms with Crippen LogP contribution in [0.1, 0.15) is 72.5 Å². The zero-order valence-electron chi connectivity index (χ0n) is 16.5. The van der Waals surface area contributed by atoms with Gasteiger partial charge in [-0.25, -0.2) is 0 Å². The summed E-state index contributed by atoms with van der Waals surface area (Å²) < 4.78 is 0. The Bertz CT molecular complexity index is 814. The Balaban J connectivity index is 1.34. The summed E-state index contributed by atoms with van der Waals surface area (Å²) in [5, 5.41) is 4.56. The summed E-state index contributed by atoms with van der Waals surface area (Å²) in [5.74, 6) is 0.755. The van der Waals surface area contributed by atoms with Gasteiger partial charge in [-0.15, -0.1) is 0 Å². The number of carbonyl (C=O) groups is 1. The van der Waals surface area contributed by atoms with E-state index in [1.807, 2.05) is 35.2 Å². The van der Waals surface area contributed by atoms with Crippen LogP contribution >= 0.6 is 11.6 Å². The van der Waals surface area contributed by atoms with Gasteiger partial charge in [-0.1, -0.05) is 35.9 Å². The quantitative estimate of drug-likeness (QED) is 0.717. The van der Waals surface area contributed by atoms with Crippen LogP contribution in [0.4, 0.5) is 0 Å². The molecular weight excluding hydrogens is 368 g/mol.